The van der Waals surface area contributed by atoms with E-state index in [1.807, 2.05) is 0 Å². The number of benzene rings is 2. The summed E-state index contributed by atoms with van der Waals surface area (Å²) in [7, 11) is 0. The van der Waals surface area contributed by atoms with Gasteiger partial charge >= 0.3 is 0 Å². The Labute approximate surface area is 122 Å². The van der Waals surface area contributed by atoms with Crippen molar-refractivity contribution in [3.63, 3.8) is 0 Å². The van der Waals surface area contributed by atoms with Crippen molar-refractivity contribution in [2.75, 3.05) is 0 Å². The Balaban J connectivity index is 2.24. The van der Waals surface area contributed by atoms with Gasteiger partial charge in [0, 0.05) is 11.8 Å². The lowest BCUT2D eigenvalue weighted by atomic mass is 9.77. The van der Waals surface area contributed by atoms with E-state index in [1.54, 1.807) is 26.0 Å². The van der Waals surface area contributed by atoms with Crippen molar-refractivity contribution in [1.29, 1.82) is 0 Å². The third-order valence-corrected chi connectivity index (χ3v) is 3.87. The molecule has 0 saturated heterocycles. The Hall–Kier alpha value is -1.81. The van der Waals surface area contributed by atoms with Crippen molar-refractivity contribution in [1.82, 2.24) is 0 Å². The zero-order chi connectivity index (χ0) is 15.6. The molecule has 1 unspecified atom stereocenters. The van der Waals surface area contributed by atoms with Gasteiger partial charge in [-0.2, -0.15) is 0 Å². The van der Waals surface area contributed by atoms with Gasteiger partial charge in [0.15, 0.2) is 11.6 Å². The number of halogens is 3. The normalized spacial score (nSPS) is 13.2. The molecule has 2 aromatic carbocycles. The van der Waals surface area contributed by atoms with Gasteiger partial charge in [0.25, 0.3) is 0 Å². The number of hydrogen-bond donors (Lipinski definition) is 1. The molecule has 0 spiro atoms. The van der Waals surface area contributed by atoms with Crippen LogP contribution in [0.2, 0.25) is 0 Å². The Morgan fingerprint density at radius 2 is 1.62 bits per heavy atom. The van der Waals surface area contributed by atoms with Gasteiger partial charge < -0.3 is 5.11 Å². The van der Waals surface area contributed by atoms with Gasteiger partial charge in [-0.15, -0.1) is 0 Å². The molecule has 21 heavy (non-hydrogen) atoms. The van der Waals surface area contributed by atoms with E-state index in [9.17, 15) is 18.3 Å². The van der Waals surface area contributed by atoms with E-state index in [1.165, 1.54) is 24.3 Å². The first-order chi connectivity index (χ1) is 9.82. The first-order valence-electron chi connectivity index (χ1n) is 6.69. The molecule has 0 aliphatic rings. The highest BCUT2D eigenvalue weighted by molar-refractivity contribution is 5.28. The lowest BCUT2D eigenvalue weighted by Gasteiger charge is -2.31. The van der Waals surface area contributed by atoms with E-state index in [2.05, 4.69) is 0 Å². The van der Waals surface area contributed by atoms with Crippen LogP contribution in [0.3, 0.4) is 0 Å². The van der Waals surface area contributed by atoms with Crippen LogP contribution >= 0.6 is 0 Å². The summed E-state index contributed by atoms with van der Waals surface area (Å²) in [4.78, 5) is 0. The summed E-state index contributed by atoms with van der Waals surface area (Å²) < 4.78 is 39.8. The molecular weight excluding hydrogens is 277 g/mol. The van der Waals surface area contributed by atoms with Crippen LogP contribution in [0.25, 0.3) is 0 Å². The minimum atomic E-state index is -0.938. The second kappa shape index (κ2) is 5.90. The van der Waals surface area contributed by atoms with E-state index in [-0.39, 0.29) is 17.8 Å². The molecule has 2 aromatic rings. The van der Waals surface area contributed by atoms with Crippen molar-refractivity contribution < 1.29 is 18.3 Å². The maximum Gasteiger partial charge on any atom is 0.162 e. The van der Waals surface area contributed by atoms with E-state index in [0.29, 0.717) is 0 Å². The SMILES string of the molecule is CC(C)(c1ccc(F)cc1)C(O)Cc1cccc(F)c1F. The molecule has 0 aliphatic carbocycles. The van der Waals surface area contributed by atoms with Crippen molar-refractivity contribution >= 4 is 0 Å². The smallest absolute Gasteiger partial charge is 0.162 e. The zero-order valence-electron chi connectivity index (χ0n) is 11.9. The van der Waals surface area contributed by atoms with Crippen molar-refractivity contribution in [2.45, 2.75) is 31.8 Å². The minimum Gasteiger partial charge on any atom is -0.392 e. The van der Waals surface area contributed by atoms with Crippen LogP contribution in [-0.4, -0.2) is 11.2 Å². The molecule has 0 bridgehead atoms. The number of aliphatic hydroxyl groups excluding tert-OH is 1. The second-order valence-corrected chi connectivity index (χ2v) is 5.66. The fourth-order valence-corrected chi connectivity index (χ4v) is 2.24. The van der Waals surface area contributed by atoms with Crippen LogP contribution in [0.5, 0.6) is 0 Å². The van der Waals surface area contributed by atoms with Gasteiger partial charge in [0.2, 0.25) is 0 Å². The predicted molar refractivity (Wildman–Crippen MR) is 75.5 cm³/mol. The Morgan fingerprint density at radius 3 is 2.24 bits per heavy atom. The van der Waals surface area contributed by atoms with E-state index in [0.717, 1.165) is 11.6 Å². The number of aliphatic hydroxyl groups is 1. The first kappa shape index (κ1) is 15.6. The maximum absolute atomic E-state index is 13.7. The van der Waals surface area contributed by atoms with Gasteiger partial charge in [-0.1, -0.05) is 38.1 Å². The molecular formula is C17H17F3O. The lowest BCUT2D eigenvalue weighted by molar-refractivity contribution is 0.0989. The third kappa shape index (κ3) is 3.27. The summed E-state index contributed by atoms with van der Waals surface area (Å²) in [6, 6.07) is 9.68. The average molecular weight is 294 g/mol. The number of rotatable bonds is 4. The fourth-order valence-electron chi connectivity index (χ4n) is 2.24. The van der Waals surface area contributed by atoms with Crippen LogP contribution < -0.4 is 0 Å². The molecule has 0 aliphatic heterocycles. The first-order valence-corrected chi connectivity index (χ1v) is 6.69. The largest absolute Gasteiger partial charge is 0.392 e. The summed E-state index contributed by atoms with van der Waals surface area (Å²) >= 11 is 0. The molecule has 1 nitrogen and oxygen atoms in total. The molecule has 0 saturated carbocycles. The second-order valence-electron chi connectivity index (χ2n) is 5.66. The van der Waals surface area contributed by atoms with E-state index in [4.69, 9.17) is 0 Å². The minimum absolute atomic E-state index is 0.0199. The van der Waals surface area contributed by atoms with Gasteiger partial charge in [-0.3, -0.25) is 0 Å². The van der Waals surface area contributed by atoms with Crippen molar-refractivity contribution in [3.8, 4) is 0 Å². The van der Waals surface area contributed by atoms with Crippen LogP contribution in [-0.2, 0) is 11.8 Å². The molecule has 4 heteroatoms. The van der Waals surface area contributed by atoms with Crippen LogP contribution in [0.4, 0.5) is 13.2 Å². The fraction of sp³-hybridized carbons (Fsp3) is 0.294. The summed E-state index contributed by atoms with van der Waals surface area (Å²) in [6.07, 6.45) is -0.951. The van der Waals surface area contributed by atoms with Crippen LogP contribution in [0.15, 0.2) is 42.5 Å². The summed E-state index contributed by atoms with van der Waals surface area (Å²) in [5.41, 5.74) is 0.137. The summed E-state index contributed by atoms with van der Waals surface area (Å²) in [5, 5.41) is 10.4. The zero-order valence-corrected chi connectivity index (χ0v) is 11.9. The Bertz CT molecular complexity index is 620. The maximum atomic E-state index is 13.7. The van der Waals surface area contributed by atoms with E-state index < -0.39 is 23.2 Å². The van der Waals surface area contributed by atoms with Gasteiger partial charge in [0.05, 0.1) is 6.10 Å². The lowest BCUT2D eigenvalue weighted by Crippen LogP contribution is -2.35. The average Bonchev–Trinajstić information content (AvgIpc) is 2.44. The van der Waals surface area contributed by atoms with Gasteiger partial charge in [-0.25, -0.2) is 13.2 Å². The molecule has 1 atom stereocenters. The Kier molecular flexibility index (Phi) is 4.37. The molecule has 112 valence electrons. The highest BCUT2D eigenvalue weighted by atomic mass is 19.2. The van der Waals surface area contributed by atoms with Crippen LogP contribution in [0, 0.1) is 17.5 Å². The number of hydrogen-bond acceptors (Lipinski definition) is 1. The topological polar surface area (TPSA) is 20.2 Å². The van der Waals surface area contributed by atoms with Crippen molar-refractivity contribution in [3.05, 3.63) is 71.0 Å². The molecule has 2 rings (SSSR count). The third-order valence-electron chi connectivity index (χ3n) is 3.87. The van der Waals surface area contributed by atoms with Crippen LogP contribution in [0.1, 0.15) is 25.0 Å². The van der Waals surface area contributed by atoms with E-state index >= 15 is 0 Å². The summed E-state index contributed by atoms with van der Waals surface area (Å²) in [6.45, 7) is 3.56. The Morgan fingerprint density at radius 1 is 1.00 bits per heavy atom. The molecule has 0 fully saturated rings. The quantitative estimate of drug-likeness (QED) is 0.904. The predicted octanol–water partition coefficient (Wildman–Crippen LogP) is 3.99. The highest BCUT2D eigenvalue weighted by Crippen LogP contribution is 2.30. The van der Waals surface area contributed by atoms with Gasteiger partial charge in [0.1, 0.15) is 5.82 Å². The molecule has 0 heterocycles. The van der Waals surface area contributed by atoms with Gasteiger partial charge in [-0.05, 0) is 29.3 Å². The molecule has 0 radical (unpaired) electrons. The van der Waals surface area contributed by atoms with Crippen molar-refractivity contribution in [2.24, 2.45) is 0 Å². The molecule has 0 amide bonds. The molecule has 1 N–H and O–H groups in total. The monoisotopic (exact) mass is 294 g/mol. The highest BCUT2D eigenvalue weighted by Gasteiger charge is 2.30. The summed E-state index contributed by atoms with van der Waals surface area (Å²) in [5.74, 6) is -2.23. The molecule has 0 aromatic heterocycles. The standard InChI is InChI=1S/C17H17F3O/c1-17(2,12-6-8-13(18)9-7-12)15(21)10-11-4-3-5-14(19)16(11)20/h3-9,15,21H,10H2,1-2H3.